The largest absolute Gasteiger partial charge is 0.483 e. The number of hydrogen-bond acceptors (Lipinski definition) is 6. The third-order valence-electron chi connectivity index (χ3n) is 4.47. The highest BCUT2D eigenvalue weighted by atomic mass is 32.1. The zero-order chi connectivity index (χ0) is 19.9. The molecule has 1 N–H and O–H groups in total. The predicted molar refractivity (Wildman–Crippen MR) is 114 cm³/mol. The zero-order valence-electron chi connectivity index (χ0n) is 16.6. The second-order valence-electron chi connectivity index (χ2n) is 7.05. The van der Waals surface area contributed by atoms with E-state index in [0.717, 1.165) is 48.1 Å². The van der Waals surface area contributed by atoms with Crippen LogP contribution in [-0.4, -0.2) is 45.0 Å². The van der Waals surface area contributed by atoms with Crippen LogP contribution in [0.3, 0.4) is 0 Å². The van der Waals surface area contributed by atoms with Crippen molar-refractivity contribution in [1.29, 1.82) is 0 Å². The number of rotatable bonds is 7. The van der Waals surface area contributed by atoms with Crippen LogP contribution in [0.4, 0.5) is 5.00 Å². The lowest BCUT2D eigenvalue weighted by atomic mass is 10.0. The van der Waals surface area contributed by atoms with E-state index in [9.17, 15) is 4.79 Å². The summed E-state index contributed by atoms with van der Waals surface area (Å²) in [7, 11) is 0. The number of morpholine rings is 1. The van der Waals surface area contributed by atoms with E-state index in [-0.39, 0.29) is 12.5 Å². The van der Waals surface area contributed by atoms with Crippen LogP contribution < -0.4 is 15.1 Å². The lowest BCUT2D eigenvalue weighted by molar-refractivity contribution is -0.123. The zero-order valence-corrected chi connectivity index (χ0v) is 17.4. The van der Waals surface area contributed by atoms with E-state index < -0.39 is 0 Å². The Morgan fingerprint density at radius 3 is 2.86 bits per heavy atom. The number of hydrazone groups is 1. The number of carbonyl (C=O) groups is 1. The normalized spacial score (nSPS) is 14.6. The molecular weight excluding hydrogens is 374 g/mol. The van der Waals surface area contributed by atoms with Gasteiger partial charge in [-0.15, -0.1) is 11.3 Å². The first-order chi connectivity index (χ1) is 13.5. The van der Waals surface area contributed by atoms with Crippen molar-refractivity contribution in [3.05, 3.63) is 46.3 Å². The molecule has 0 unspecified atom stereocenters. The quantitative estimate of drug-likeness (QED) is 0.569. The smallest absolute Gasteiger partial charge is 0.277 e. The molecular formula is C21H27N3O3S. The summed E-state index contributed by atoms with van der Waals surface area (Å²) in [5, 5.41) is 5.24. The second-order valence-corrected chi connectivity index (χ2v) is 8.15. The SMILES string of the molecule is Cc1ccc(C(C)C)c(OCC(=O)N/N=C\c2ccc(N3CCOCC3)s2)c1. The number of benzene rings is 1. The maximum atomic E-state index is 12.1. The Morgan fingerprint density at radius 2 is 2.11 bits per heavy atom. The number of anilines is 1. The minimum absolute atomic E-state index is 0.0655. The molecule has 2 heterocycles. The summed E-state index contributed by atoms with van der Waals surface area (Å²) in [4.78, 5) is 15.3. The van der Waals surface area contributed by atoms with Gasteiger partial charge in [0.05, 0.1) is 24.4 Å². The molecule has 150 valence electrons. The summed E-state index contributed by atoms with van der Waals surface area (Å²) >= 11 is 1.65. The first-order valence-corrected chi connectivity index (χ1v) is 10.3. The highest BCUT2D eigenvalue weighted by Gasteiger charge is 2.13. The van der Waals surface area contributed by atoms with Crippen LogP contribution in [-0.2, 0) is 9.53 Å². The molecule has 1 aromatic heterocycles. The van der Waals surface area contributed by atoms with Crippen molar-refractivity contribution in [2.75, 3.05) is 37.8 Å². The van der Waals surface area contributed by atoms with Gasteiger partial charge in [-0.25, -0.2) is 5.43 Å². The van der Waals surface area contributed by atoms with Crippen molar-refractivity contribution < 1.29 is 14.3 Å². The van der Waals surface area contributed by atoms with Gasteiger partial charge in [-0.2, -0.15) is 5.10 Å². The average molecular weight is 402 g/mol. The predicted octanol–water partition coefficient (Wildman–Crippen LogP) is 3.55. The fraction of sp³-hybridized carbons (Fsp3) is 0.429. The van der Waals surface area contributed by atoms with Crippen LogP contribution in [0.25, 0.3) is 0 Å². The van der Waals surface area contributed by atoms with E-state index >= 15 is 0 Å². The highest BCUT2D eigenvalue weighted by Crippen LogP contribution is 2.27. The lowest BCUT2D eigenvalue weighted by Crippen LogP contribution is -2.35. The molecule has 1 saturated heterocycles. The van der Waals surface area contributed by atoms with Crippen molar-refractivity contribution in [3.8, 4) is 5.75 Å². The molecule has 0 radical (unpaired) electrons. The van der Waals surface area contributed by atoms with Crippen LogP contribution >= 0.6 is 11.3 Å². The molecule has 1 amide bonds. The summed E-state index contributed by atoms with van der Waals surface area (Å²) < 4.78 is 11.1. The molecule has 28 heavy (non-hydrogen) atoms. The van der Waals surface area contributed by atoms with Crippen molar-refractivity contribution in [2.45, 2.75) is 26.7 Å². The lowest BCUT2D eigenvalue weighted by Gasteiger charge is -2.27. The van der Waals surface area contributed by atoms with E-state index in [1.165, 1.54) is 5.00 Å². The third-order valence-corrected chi connectivity index (χ3v) is 5.55. The number of ether oxygens (including phenoxy) is 2. The van der Waals surface area contributed by atoms with Crippen LogP contribution in [0.5, 0.6) is 5.75 Å². The molecule has 0 atom stereocenters. The van der Waals surface area contributed by atoms with Gasteiger partial charge in [-0.3, -0.25) is 4.79 Å². The Morgan fingerprint density at radius 1 is 1.32 bits per heavy atom. The number of nitrogens with zero attached hydrogens (tertiary/aromatic N) is 2. The average Bonchev–Trinajstić information content (AvgIpc) is 3.16. The van der Waals surface area contributed by atoms with Gasteiger partial charge in [0.1, 0.15) is 5.75 Å². The Hall–Kier alpha value is -2.38. The van der Waals surface area contributed by atoms with Gasteiger partial charge in [0.2, 0.25) is 0 Å². The molecule has 1 aliphatic rings. The summed E-state index contributed by atoms with van der Waals surface area (Å²) in [6.07, 6.45) is 1.67. The highest BCUT2D eigenvalue weighted by molar-refractivity contribution is 7.17. The third kappa shape index (κ3) is 5.56. The van der Waals surface area contributed by atoms with Crippen LogP contribution in [0.15, 0.2) is 35.4 Å². The fourth-order valence-corrected chi connectivity index (χ4v) is 3.88. The summed E-state index contributed by atoms with van der Waals surface area (Å²) in [5.41, 5.74) is 4.73. The van der Waals surface area contributed by atoms with Gasteiger partial charge in [0.15, 0.2) is 6.61 Å². The molecule has 0 bridgehead atoms. The number of thiophene rings is 1. The number of nitrogens with one attached hydrogen (secondary N) is 1. The van der Waals surface area contributed by atoms with Gasteiger partial charge >= 0.3 is 0 Å². The van der Waals surface area contributed by atoms with Crippen molar-refractivity contribution in [3.63, 3.8) is 0 Å². The Labute approximate surface area is 170 Å². The fourth-order valence-electron chi connectivity index (χ4n) is 2.95. The number of hydrogen-bond donors (Lipinski definition) is 1. The minimum Gasteiger partial charge on any atom is -0.483 e. The standard InChI is InChI=1S/C21H27N3O3S/c1-15(2)18-6-4-16(3)12-19(18)27-14-20(25)23-22-13-17-5-7-21(28-17)24-8-10-26-11-9-24/h4-7,12-13,15H,8-11,14H2,1-3H3,(H,23,25)/b22-13-. The summed E-state index contributed by atoms with van der Waals surface area (Å²) in [6.45, 7) is 9.48. The molecule has 0 aliphatic carbocycles. The number of aryl methyl sites for hydroxylation is 1. The van der Waals surface area contributed by atoms with Gasteiger partial charge in [0, 0.05) is 18.0 Å². The van der Waals surface area contributed by atoms with Crippen LogP contribution in [0, 0.1) is 6.92 Å². The minimum atomic E-state index is -0.280. The maximum absolute atomic E-state index is 12.1. The van der Waals surface area contributed by atoms with Crippen LogP contribution in [0.2, 0.25) is 0 Å². The van der Waals surface area contributed by atoms with Gasteiger partial charge < -0.3 is 14.4 Å². The monoisotopic (exact) mass is 401 g/mol. The molecule has 2 aromatic rings. The van der Waals surface area contributed by atoms with E-state index in [4.69, 9.17) is 9.47 Å². The number of amides is 1. The van der Waals surface area contributed by atoms with Crippen molar-refractivity contribution >= 4 is 28.5 Å². The van der Waals surface area contributed by atoms with Gasteiger partial charge in [-0.05, 0) is 42.2 Å². The Bertz CT molecular complexity index is 826. The van der Waals surface area contributed by atoms with Crippen LogP contribution in [0.1, 0.15) is 35.8 Å². The summed E-state index contributed by atoms with van der Waals surface area (Å²) in [6, 6.07) is 10.1. The van der Waals surface area contributed by atoms with Gasteiger partial charge in [-0.1, -0.05) is 26.0 Å². The molecule has 3 rings (SSSR count). The molecule has 1 aromatic carbocycles. The summed E-state index contributed by atoms with van der Waals surface area (Å²) in [5.74, 6) is 0.802. The van der Waals surface area contributed by atoms with E-state index in [1.807, 2.05) is 25.1 Å². The van der Waals surface area contributed by atoms with E-state index in [2.05, 4.69) is 41.4 Å². The second kappa shape index (κ2) is 9.71. The van der Waals surface area contributed by atoms with E-state index in [0.29, 0.717) is 5.92 Å². The molecule has 0 spiro atoms. The molecule has 6 nitrogen and oxygen atoms in total. The van der Waals surface area contributed by atoms with Crippen molar-refractivity contribution in [1.82, 2.24) is 5.43 Å². The Kier molecular flexibility index (Phi) is 7.06. The molecule has 1 fully saturated rings. The first kappa shape index (κ1) is 20.4. The molecule has 0 saturated carbocycles. The molecule has 7 heteroatoms. The number of carbonyl (C=O) groups excluding carboxylic acids is 1. The van der Waals surface area contributed by atoms with Gasteiger partial charge in [0.25, 0.3) is 5.91 Å². The Balaban J connectivity index is 1.49. The maximum Gasteiger partial charge on any atom is 0.277 e. The van der Waals surface area contributed by atoms with Crippen molar-refractivity contribution in [2.24, 2.45) is 5.10 Å². The molecule has 1 aliphatic heterocycles. The first-order valence-electron chi connectivity index (χ1n) is 9.50. The van der Waals surface area contributed by atoms with E-state index in [1.54, 1.807) is 17.6 Å². The topological polar surface area (TPSA) is 63.2 Å².